The summed E-state index contributed by atoms with van der Waals surface area (Å²) >= 11 is 0. The number of hydrogen-bond donors (Lipinski definition) is 1. The summed E-state index contributed by atoms with van der Waals surface area (Å²) in [5, 5.41) is 19.2. The Kier molecular flexibility index (Phi) is 5.39. The second-order valence-corrected chi connectivity index (χ2v) is 6.21. The van der Waals surface area contributed by atoms with E-state index in [1.165, 1.54) is 28.8 Å². The first-order valence-electron chi connectivity index (χ1n) is 8.72. The van der Waals surface area contributed by atoms with Crippen LogP contribution >= 0.6 is 0 Å². The van der Waals surface area contributed by atoms with Gasteiger partial charge in [0.05, 0.1) is 23.8 Å². The number of Topliss-reactive ketones (excluding diaryl/α,β-unsaturated/α-hetero) is 1. The molecule has 0 atom stereocenters. The van der Waals surface area contributed by atoms with Crippen molar-refractivity contribution in [2.24, 2.45) is 7.05 Å². The molecule has 3 rings (SSSR count). The Bertz CT molecular complexity index is 1080. The van der Waals surface area contributed by atoms with Crippen LogP contribution in [-0.4, -0.2) is 26.4 Å². The molecule has 0 aliphatic carbocycles. The lowest BCUT2D eigenvalue weighted by molar-refractivity contribution is -0.384. The van der Waals surface area contributed by atoms with E-state index in [9.17, 15) is 14.9 Å². The van der Waals surface area contributed by atoms with Crippen LogP contribution in [-0.2, 0) is 13.6 Å². The molecule has 0 radical (unpaired) electrons. The van der Waals surface area contributed by atoms with Crippen LogP contribution in [0.5, 0.6) is 5.75 Å². The quantitative estimate of drug-likeness (QED) is 0.386. The van der Waals surface area contributed by atoms with E-state index in [4.69, 9.17) is 10.1 Å². The molecule has 8 heteroatoms. The molecule has 1 heterocycles. The Morgan fingerprint density at radius 1 is 1.21 bits per heavy atom. The first-order valence-corrected chi connectivity index (χ1v) is 8.72. The molecule has 0 unspecified atom stereocenters. The van der Waals surface area contributed by atoms with Crippen molar-refractivity contribution in [2.75, 3.05) is 6.61 Å². The van der Waals surface area contributed by atoms with E-state index in [-0.39, 0.29) is 29.2 Å². The van der Waals surface area contributed by atoms with Gasteiger partial charge in [0.15, 0.2) is 5.78 Å². The second-order valence-electron chi connectivity index (χ2n) is 6.21. The summed E-state index contributed by atoms with van der Waals surface area (Å²) in [5.74, 6) is 0.464. The number of imidazole rings is 1. The van der Waals surface area contributed by atoms with Crippen molar-refractivity contribution in [1.82, 2.24) is 9.13 Å². The number of hydrogen-bond acceptors (Lipinski definition) is 5. The largest absolute Gasteiger partial charge is 0.494 e. The first kappa shape index (κ1) is 19.1. The van der Waals surface area contributed by atoms with Gasteiger partial charge in [0.2, 0.25) is 5.62 Å². The average molecular weight is 380 g/mol. The summed E-state index contributed by atoms with van der Waals surface area (Å²) in [6, 6.07) is 13.1. The Balaban J connectivity index is 1.87. The molecular formula is C20H20N4O4. The minimum Gasteiger partial charge on any atom is -0.494 e. The highest BCUT2D eigenvalue weighted by Gasteiger charge is 2.15. The second kappa shape index (κ2) is 7.91. The van der Waals surface area contributed by atoms with Crippen LogP contribution in [0.4, 0.5) is 5.69 Å². The number of nitro benzene ring substituents is 1. The van der Waals surface area contributed by atoms with Crippen molar-refractivity contribution < 1.29 is 14.5 Å². The molecule has 1 N–H and O–H groups in total. The van der Waals surface area contributed by atoms with Crippen molar-refractivity contribution in [3.63, 3.8) is 0 Å². The molecule has 0 saturated carbocycles. The third-order valence-corrected chi connectivity index (χ3v) is 4.38. The number of ether oxygens (including phenoxy) is 1. The number of non-ortho nitro benzene ring substituents is 1. The monoisotopic (exact) mass is 380 g/mol. The van der Waals surface area contributed by atoms with Gasteiger partial charge in [0, 0.05) is 30.9 Å². The molecule has 0 aliphatic heterocycles. The molecule has 1 aromatic heterocycles. The average Bonchev–Trinajstić information content (AvgIpc) is 2.97. The number of carbonyl (C=O) groups excluding carboxylic acids is 1. The third-order valence-electron chi connectivity index (χ3n) is 4.38. The molecule has 0 fully saturated rings. The summed E-state index contributed by atoms with van der Waals surface area (Å²) in [7, 11) is 1.75. The molecule has 3 aromatic rings. The predicted octanol–water partition coefficient (Wildman–Crippen LogP) is 3.16. The maximum atomic E-state index is 12.6. The zero-order valence-electron chi connectivity index (χ0n) is 15.6. The smallest absolute Gasteiger partial charge is 0.270 e. The summed E-state index contributed by atoms with van der Waals surface area (Å²) < 4.78 is 8.64. The summed E-state index contributed by atoms with van der Waals surface area (Å²) in [5.41, 5.74) is 1.93. The van der Waals surface area contributed by atoms with E-state index < -0.39 is 4.92 Å². The Morgan fingerprint density at radius 3 is 2.57 bits per heavy atom. The Hall–Kier alpha value is -3.68. The molecule has 0 amide bonds. The van der Waals surface area contributed by atoms with Crippen LogP contribution in [0, 0.1) is 15.5 Å². The van der Waals surface area contributed by atoms with E-state index in [0.29, 0.717) is 6.61 Å². The number of nitro groups is 1. The van der Waals surface area contributed by atoms with Gasteiger partial charge in [-0.3, -0.25) is 20.3 Å². The minimum absolute atomic E-state index is 0.0785. The zero-order valence-corrected chi connectivity index (χ0v) is 15.6. The van der Waals surface area contributed by atoms with Crippen molar-refractivity contribution in [2.45, 2.75) is 13.5 Å². The van der Waals surface area contributed by atoms with Crippen LogP contribution in [0.1, 0.15) is 17.3 Å². The summed E-state index contributed by atoms with van der Waals surface area (Å²) in [4.78, 5) is 22.9. The lowest BCUT2D eigenvalue weighted by Gasteiger charge is -2.05. The van der Waals surface area contributed by atoms with Gasteiger partial charge in [-0.05, 0) is 36.8 Å². The molecule has 2 aromatic carbocycles. The van der Waals surface area contributed by atoms with Gasteiger partial charge in [-0.25, -0.2) is 0 Å². The van der Waals surface area contributed by atoms with Gasteiger partial charge in [0.25, 0.3) is 5.69 Å². The van der Waals surface area contributed by atoms with E-state index in [0.717, 1.165) is 17.0 Å². The minimum atomic E-state index is -0.535. The predicted molar refractivity (Wildman–Crippen MR) is 103 cm³/mol. The SMILES string of the molecule is CCOc1ccc(-c2cn(CC(=O)c3cccc([N+](=O)[O-])c3)c(=N)n2C)cc1. The van der Waals surface area contributed by atoms with Crippen molar-refractivity contribution in [1.29, 1.82) is 5.41 Å². The molecule has 0 aliphatic rings. The highest BCUT2D eigenvalue weighted by atomic mass is 16.6. The van der Waals surface area contributed by atoms with Gasteiger partial charge >= 0.3 is 0 Å². The number of ketones is 1. The van der Waals surface area contributed by atoms with Gasteiger partial charge < -0.3 is 13.9 Å². The topological polar surface area (TPSA) is 103 Å². The molecule has 144 valence electrons. The lowest BCUT2D eigenvalue weighted by Crippen LogP contribution is -2.25. The molecular weight excluding hydrogens is 360 g/mol. The van der Waals surface area contributed by atoms with Crippen LogP contribution in [0.25, 0.3) is 11.3 Å². The molecule has 28 heavy (non-hydrogen) atoms. The zero-order chi connectivity index (χ0) is 20.3. The number of rotatable bonds is 7. The van der Waals surface area contributed by atoms with Crippen LogP contribution in [0.3, 0.4) is 0 Å². The van der Waals surface area contributed by atoms with Crippen LogP contribution in [0.15, 0.2) is 54.7 Å². The normalized spacial score (nSPS) is 10.6. The molecule has 0 bridgehead atoms. The van der Waals surface area contributed by atoms with E-state index in [1.54, 1.807) is 17.8 Å². The van der Waals surface area contributed by atoms with Gasteiger partial charge in [-0.1, -0.05) is 12.1 Å². The highest BCUT2D eigenvalue weighted by Crippen LogP contribution is 2.21. The maximum absolute atomic E-state index is 12.6. The van der Waals surface area contributed by atoms with E-state index in [2.05, 4.69) is 0 Å². The first-order chi connectivity index (χ1) is 13.4. The number of carbonyl (C=O) groups is 1. The number of nitrogens with one attached hydrogen (secondary N) is 1. The molecule has 0 saturated heterocycles. The van der Waals surface area contributed by atoms with Gasteiger partial charge in [0.1, 0.15) is 5.75 Å². The Morgan fingerprint density at radius 2 is 1.93 bits per heavy atom. The summed E-state index contributed by atoms with van der Waals surface area (Å²) in [6.45, 7) is 2.42. The fourth-order valence-corrected chi connectivity index (χ4v) is 2.92. The summed E-state index contributed by atoms with van der Waals surface area (Å²) in [6.07, 6.45) is 1.73. The fraction of sp³-hybridized carbons (Fsp3) is 0.200. The van der Waals surface area contributed by atoms with Gasteiger partial charge in [-0.2, -0.15) is 0 Å². The van der Waals surface area contributed by atoms with Crippen LogP contribution < -0.4 is 10.4 Å². The van der Waals surface area contributed by atoms with Crippen LogP contribution in [0.2, 0.25) is 0 Å². The molecule has 0 spiro atoms. The lowest BCUT2D eigenvalue weighted by atomic mass is 10.1. The fourth-order valence-electron chi connectivity index (χ4n) is 2.92. The number of aromatic nitrogens is 2. The Labute approximate surface area is 161 Å². The standard InChI is InChI=1S/C20H20N4O4/c1-3-28-17-9-7-14(8-10-17)18-12-23(20(21)22(18)2)13-19(25)15-5-4-6-16(11-15)24(26)27/h4-12,21H,3,13H2,1-2H3. The van der Waals surface area contributed by atoms with Crippen molar-refractivity contribution in [3.8, 4) is 17.0 Å². The number of benzene rings is 2. The van der Waals surface area contributed by atoms with Gasteiger partial charge in [-0.15, -0.1) is 0 Å². The maximum Gasteiger partial charge on any atom is 0.270 e. The highest BCUT2D eigenvalue weighted by molar-refractivity contribution is 5.96. The molecule has 8 nitrogen and oxygen atoms in total. The van der Waals surface area contributed by atoms with Crippen molar-refractivity contribution in [3.05, 3.63) is 76.0 Å². The van der Waals surface area contributed by atoms with E-state index >= 15 is 0 Å². The van der Waals surface area contributed by atoms with Crippen molar-refractivity contribution >= 4 is 11.5 Å². The van der Waals surface area contributed by atoms with E-state index in [1.807, 2.05) is 31.2 Å². The third kappa shape index (κ3) is 3.85. The number of nitrogens with zero attached hydrogens (tertiary/aromatic N) is 3.